The molecular weight excluding hydrogens is 392 g/mol. The number of benzene rings is 1. The van der Waals surface area contributed by atoms with E-state index in [2.05, 4.69) is 27.4 Å². The van der Waals surface area contributed by atoms with E-state index in [1.54, 1.807) is 26.0 Å². The van der Waals surface area contributed by atoms with Gasteiger partial charge in [0.05, 0.1) is 5.92 Å². The summed E-state index contributed by atoms with van der Waals surface area (Å²) in [6.45, 7) is 5.97. The molecule has 31 heavy (non-hydrogen) atoms. The molecule has 7 nitrogen and oxygen atoms in total. The van der Waals surface area contributed by atoms with Crippen LogP contribution in [0.5, 0.6) is 0 Å². The molecule has 0 radical (unpaired) electrons. The minimum absolute atomic E-state index is 0.00892. The molecule has 1 saturated carbocycles. The van der Waals surface area contributed by atoms with Crippen molar-refractivity contribution in [3.05, 3.63) is 35.4 Å². The van der Waals surface area contributed by atoms with Crippen LogP contribution in [0.2, 0.25) is 0 Å². The predicted molar refractivity (Wildman–Crippen MR) is 118 cm³/mol. The van der Waals surface area contributed by atoms with Crippen molar-refractivity contribution in [2.24, 2.45) is 5.92 Å². The van der Waals surface area contributed by atoms with E-state index in [1.165, 1.54) is 6.42 Å². The first-order chi connectivity index (χ1) is 14.8. The topological polar surface area (TPSA) is 84.9 Å². The Hall–Kier alpha value is -2.40. The molecule has 0 spiro atoms. The molecular formula is C24H32N4O3. The fraction of sp³-hybridized carbons (Fsp3) is 0.583. The Labute approximate surface area is 184 Å². The molecule has 1 aromatic carbocycles. The Morgan fingerprint density at radius 2 is 1.77 bits per heavy atom. The molecule has 2 aliphatic heterocycles. The number of carbonyl (C=O) groups excluding carboxylic acids is 2. The van der Waals surface area contributed by atoms with Crippen LogP contribution in [-0.4, -0.2) is 70.8 Å². The molecule has 7 heteroatoms. The van der Waals surface area contributed by atoms with Crippen molar-refractivity contribution in [2.75, 3.05) is 26.2 Å². The van der Waals surface area contributed by atoms with Gasteiger partial charge < -0.3 is 15.3 Å². The van der Waals surface area contributed by atoms with E-state index in [4.69, 9.17) is 0 Å². The number of carbonyl (C=O) groups is 2. The number of fused-ring (bicyclic) bond motifs is 1. The van der Waals surface area contributed by atoms with Gasteiger partial charge in [0.2, 0.25) is 5.91 Å². The summed E-state index contributed by atoms with van der Waals surface area (Å²) in [5.74, 6) is 5.97. The van der Waals surface area contributed by atoms with E-state index in [0.29, 0.717) is 18.7 Å². The van der Waals surface area contributed by atoms with Gasteiger partial charge in [0, 0.05) is 43.3 Å². The van der Waals surface area contributed by atoms with Crippen LogP contribution >= 0.6 is 0 Å². The third-order valence-corrected chi connectivity index (χ3v) is 6.36. The average molecular weight is 425 g/mol. The maximum Gasteiger partial charge on any atom is 0.253 e. The lowest BCUT2D eigenvalue weighted by atomic mass is 9.82. The third-order valence-electron chi connectivity index (χ3n) is 6.36. The maximum atomic E-state index is 12.9. The molecule has 0 aromatic heterocycles. The standard InChI is InChI=1S/C24H32N4O3/c1-24(2,31)12-11-17-7-9-18(10-8-17)22(30)27-13-15-28(16-14-27)23-25-20-6-4-3-5-19(20)21(29)26-23/h7-10,19-20,23,25,31H,3-6,13-16H2,1-2H3,(H,26,29). The van der Waals surface area contributed by atoms with Gasteiger partial charge in [0.25, 0.3) is 5.91 Å². The van der Waals surface area contributed by atoms with Crippen LogP contribution in [0.3, 0.4) is 0 Å². The third kappa shape index (κ3) is 5.27. The highest BCUT2D eigenvalue weighted by atomic mass is 16.3. The van der Waals surface area contributed by atoms with E-state index in [0.717, 1.165) is 37.9 Å². The van der Waals surface area contributed by atoms with E-state index in [1.807, 2.05) is 17.0 Å². The Morgan fingerprint density at radius 1 is 1.10 bits per heavy atom. The molecule has 3 atom stereocenters. The Balaban J connectivity index is 1.32. The van der Waals surface area contributed by atoms with Gasteiger partial charge in [-0.1, -0.05) is 24.7 Å². The lowest BCUT2D eigenvalue weighted by Gasteiger charge is -2.46. The number of hydrogen-bond donors (Lipinski definition) is 3. The van der Waals surface area contributed by atoms with Crippen LogP contribution in [0.1, 0.15) is 55.5 Å². The fourth-order valence-corrected chi connectivity index (χ4v) is 4.61. The number of aliphatic hydroxyl groups is 1. The molecule has 4 rings (SSSR count). The van der Waals surface area contributed by atoms with Gasteiger partial charge in [-0.25, -0.2) is 0 Å². The van der Waals surface area contributed by atoms with Crippen molar-refractivity contribution in [3.63, 3.8) is 0 Å². The predicted octanol–water partition coefficient (Wildman–Crippen LogP) is 1.13. The molecule has 2 saturated heterocycles. The van der Waals surface area contributed by atoms with Gasteiger partial charge in [-0.05, 0) is 51.0 Å². The molecule has 166 valence electrons. The highest BCUT2D eigenvalue weighted by Crippen LogP contribution is 2.27. The van der Waals surface area contributed by atoms with Crippen molar-refractivity contribution < 1.29 is 14.7 Å². The summed E-state index contributed by atoms with van der Waals surface area (Å²) in [6.07, 6.45) is 4.20. The van der Waals surface area contributed by atoms with Gasteiger partial charge in [0.15, 0.2) is 0 Å². The summed E-state index contributed by atoms with van der Waals surface area (Å²) in [6, 6.07) is 7.46. The van der Waals surface area contributed by atoms with Crippen LogP contribution in [0, 0.1) is 17.8 Å². The van der Waals surface area contributed by atoms with Gasteiger partial charge in [-0.3, -0.25) is 19.8 Å². The van der Waals surface area contributed by atoms with Gasteiger partial charge >= 0.3 is 0 Å². The largest absolute Gasteiger partial charge is 0.378 e. The monoisotopic (exact) mass is 424 g/mol. The molecule has 3 unspecified atom stereocenters. The average Bonchev–Trinajstić information content (AvgIpc) is 2.77. The summed E-state index contributed by atoms with van der Waals surface area (Å²) in [7, 11) is 0. The van der Waals surface area contributed by atoms with Gasteiger partial charge in [-0.15, -0.1) is 0 Å². The number of nitrogens with one attached hydrogen (secondary N) is 2. The first kappa shape index (κ1) is 21.8. The van der Waals surface area contributed by atoms with E-state index in [9.17, 15) is 14.7 Å². The van der Waals surface area contributed by atoms with Crippen LogP contribution < -0.4 is 10.6 Å². The first-order valence-electron chi connectivity index (χ1n) is 11.3. The van der Waals surface area contributed by atoms with Crippen molar-refractivity contribution in [2.45, 2.75) is 57.5 Å². The molecule has 3 fully saturated rings. The van der Waals surface area contributed by atoms with Gasteiger partial charge in [-0.2, -0.15) is 0 Å². The lowest BCUT2D eigenvalue weighted by molar-refractivity contribution is -0.134. The number of amides is 2. The summed E-state index contributed by atoms with van der Waals surface area (Å²) in [5.41, 5.74) is 0.360. The number of rotatable bonds is 2. The van der Waals surface area contributed by atoms with Crippen LogP contribution in [0.25, 0.3) is 0 Å². The van der Waals surface area contributed by atoms with E-state index < -0.39 is 5.60 Å². The highest BCUT2D eigenvalue weighted by Gasteiger charge is 2.39. The van der Waals surface area contributed by atoms with Crippen molar-refractivity contribution >= 4 is 11.8 Å². The minimum atomic E-state index is -1.04. The smallest absolute Gasteiger partial charge is 0.253 e. The van der Waals surface area contributed by atoms with Crippen LogP contribution in [0.15, 0.2) is 24.3 Å². The Morgan fingerprint density at radius 3 is 2.45 bits per heavy atom. The lowest BCUT2D eigenvalue weighted by Crippen LogP contribution is -2.69. The van der Waals surface area contributed by atoms with Crippen molar-refractivity contribution in [3.8, 4) is 11.8 Å². The summed E-state index contributed by atoms with van der Waals surface area (Å²) in [4.78, 5) is 29.5. The quantitative estimate of drug-likeness (QED) is 0.620. The SMILES string of the molecule is CC(C)(O)C#Cc1ccc(C(=O)N2CCN(C3NC(=O)C4CCCCC4N3)CC2)cc1. The van der Waals surface area contributed by atoms with Crippen LogP contribution in [0.4, 0.5) is 0 Å². The normalized spacial score (nSPS) is 27.0. The second kappa shape index (κ2) is 8.99. The summed E-state index contributed by atoms with van der Waals surface area (Å²) < 4.78 is 0. The fourth-order valence-electron chi connectivity index (χ4n) is 4.61. The molecule has 2 heterocycles. The molecule has 3 aliphatic rings. The molecule has 2 amide bonds. The number of nitrogens with zero attached hydrogens (tertiary/aromatic N) is 2. The number of piperazine rings is 1. The number of hydrogen-bond acceptors (Lipinski definition) is 5. The molecule has 1 aliphatic carbocycles. The highest BCUT2D eigenvalue weighted by molar-refractivity contribution is 5.94. The van der Waals surface area contributed by atoms with Gasteiger partial charge in [0.1, 0.15) is 11.9 Å². The zero-order valence-corrected chi connectivity index (χ0v) is 18.4. The Kier molecular flexibility index (Phi) is 6.33. The minimum Gasteiger partial charge on any atom is -0.378 e. The second-order valence-electron chi connectivity index (χ2n) is 9.29. The Bertz CT molecular complexity index is 873. The maximum absolute atomic E-state index is 12.9. The van der Waals surface area contributed by atoms with Crippen LogP contribution in [-0.2, 0) is 4.79 Å². The summed E-state index contributed by atoms with van der Waals surface area (Å²) in [5, 5.41) is 16.5. The van der Waals surface area contributed by atoms with E-state index >= 15 is 0 Å². The second-order valence-corrected chi connectivity index (χ2v) is 9.29. The first-order valence-corrected chi connectivity index (χ1v) is 11.3. The van der Waals surface area contributed by atoms with Crippen molar-refractivity contribution in [1.82, 2.24) is 20.4 Å². The molecule has 3 N–H and O–H groups in total. The van der Waals surface area contributed by atoms with Crippen molar-refractivity contribution in [1.29, 1.82) is 0 Å². The zero-order valence-electron chi connectivity index (χ0n) is 18.4. The molecule has 0 bridgehead atoms. The van der Waals surface area contributed by atoms with E-state index in [-0.39, 0.29) is 30.1 Å². The summed E-state index contributed by atoms with van der Waals surface area (Å²) >= 11 is 0. The molecule has 1 aromatic rings. The zero-order chi connectivity index (χ0) is 22.0.